The number of carbonyl (C=O) groups is 1. The van der Waals surface area contributed by atoms with Crippen LogP contribution in [0, 0.1) is 12.7 Å². The lowest BCUT2D eigenvalue weighted by Gasteiger charge is -2.18. The lowest BCUT2D eigenvalue weighted by Crippen LogP contribution is -2.22. The average molecular weight is 632 g/mol. The number of nitrogens with zero attached hydrogens (tertiary/aromatic N) is 4. The number of aryl methyl sites for hydroxylation is 1. The monoisotopic (exact) mass is 631 g/mol. The van der Waals surface area contributed by atoms with Crippen molar-refractivity contribution in [2.45, 2.75) is 69.0 Å². The summed E-state index contributed by atoms with van der Waals surface area (Å²) in [5.41, 5.74) is 0.502. The largest absolute Gasteiger partial charge is 0.453 e. The van der Waals surface area contributed by atoms with Gasteiger partial charge in [-0.2, -0.15) is 5.10 Å². The topological polar surface area (TPSA) is 136 Å². The number of hydrogen-bond acceptors (Lipinski definition) is 8. The molecule has 0 aliphatic heterocycles. The highest BCUT2D eigenvalue weighted by atomic mass is 32.2. The summed E-state index contributed by atoms with van der Waals surface area (Å²) in [5.74, 6) is -0.878. The van der Waals surface area contributed by atoms with Gasteiger partial charge in [-0.25, -0.2) is 17.8 Å². The van der Waals surface area contributed by atoms with E-state index in [-0.39, 0.29) is 45.0 Å². The minimum Gasteiger partial charge on any atom is -0.453 e. The summed E-state index contributed by atoms with van der Waals surface area (Å²) in [5, 5.41) is 17.5. The molecular formula is C33H34FN5O5S. The van der Waals surface area contributed by atoms with Gasteiger partial charge in [0.25, 0.3) is 0 Å². The van der Waals surface area contributed by atoms with Gasteiger partial charge >= 0.3 is 0 Å². The number of aromatic nitrogens is 4. The van der Waals surface area contributed by atoms with E-state index in [0.29, 0.717) is 27.7 Å². The van der Waals surface area contributed by atoms with Crippen molar-refractivity contribution in [2.75, 3.05) is 5.32 Å². The highest BCUT2D eigenvalue weighted by molar-refractivity contribution is 7.91. The van der Waals surface area contributed by atoms with Crippen molar-refractivity contribution in [3.05, 3.63) is 95.8 Å². The molecular weight excluding hydrogens is 597 g/mol. The molecule has 1 amide bonds. The van der Waals surface area contributed by atoms with Crippen molar-refractivity contribution in [3.8, 4) is 11.5 Å². The maximum atomic E-state index is 15.4. The van der Waals surface area contributed by atoms with Gasteiger partial charge in [-0.15, -0.1) is 0 Å². The van der Waals surface area contributed by atoms with Crippen molar-refractivity contribution in [1.82, 2.24) is 19.7 Å². The Bertz CT molecular complexity index is 2000. The number of amides is 1. The first-order valence-corrected chi connectivity index (χ1v) is 15.7. The van der Waals surface area contributed by atoms with Gasteiger partial charge in [0, 0.05) is 17.8 Å². The van der Waals surface area contributed by atoms with Gasteiger partial charge in [0.05, 0.1) is 40.0 Å². The molecule has 3 heterocycles. The molecule has 2 N–H and O–H groups in total. The van der Waals surface area contributed by atoms with Crippen LogP contribution in [0.15, 0.2) is 83.1 Å². The molecule has 0 unspecified atom stereocenters. The Kier molecular flexibility index (Phi) is 8.23. The molecule has 0 saturated heterocycles. The Morgan fingerprint density at radius 3 is 2.49 bits per heavy atom. The Labute approximate surface area is 260 Å². The average Bonchev–Trinajstić information content (AvgIpc) is 3.43. The molecule has 0 aliphatic rings. The first-order valence-electron chi connectivity index (χ1n) is 14.2. The second kappa shape index (κ2) is 11.7. The number of aliphatic hydroxyl groups is 1. The maximum Gasteiger partial charge on any atom is 0.228 e. The van der Waals surface area contributed by atoms with Crippen LogP contribution < -0.4 is 10.1 Å². The number of halogens is 1. The Balaban J connectivity index is 1.40. The normalized spacial score (nSPS) is 12.4. The number of anilines is 1. The van der Waals surface area contributed by atoms with E-state index in [4.69, 9.17) is 4.74 Å². The molecule has 0 saturated carbocycles. The fraction of sp³-hybridized carbons (Fsp3) is 0.273. The molecule has 234 valence electrons. The van der Waals surface area contributed by atoms with E-state index in [9.17, 15) is 18.3 Å². The summed E-state index contributed by atoms with van der Waals surface area (Å²) in [6.07, 6.45) is 4.71. The van der Waals surface area contributed by atoms with E-state index in [0.717, 1.165) is 0 Å². The quantitative estimate of drug-likeness (QED) is 0.211. The number of hydrogen-bond donors (Lipinski definition) is 2. The molecule has 5 aromatic rings. The zero-order valence-electron chi connectivity index (χ0n) is 25.8. The third-order valence-corrected chi connectivity index (χ3v) is 8.68. The van der Waals surface area contributed by atoms with Gasteiger partial charge in [-0.05, 0) is 95.1 Å². The van der Waals surface area contributed by atoms with E-state index in [1.807, 2.05) is 20.8 Å². The molecule has 0 spiro atoms. The first kappa shape index (κ1) is 31.7. The Morgan fingerprint density at radius 2 is 1.82 bits per heavy atom. The first-order chi connectivity index (χ1) is 21.0. The van der Waals surface area contributed by atoms with Gasteiger partial charge in [0.1, 0.15) is 11.4 Å². The summed E-state index contributed by atoms with van der Waals surface area (Å²) >= 11 is 0. The van der Waals surface area contributed by atoms with Crippen LogP contribution in [0.1, 0.15) is 51.4 Å². The number of nitrogens with one attached hydrogen (secondary N) is 1. The smallest absolute Gasteiger partial charge is 0.228 e. The predicted octanol–water partition coefficient (Wildman–Crippen LogP) is 6.06. The van der Waals surface area contributed by atoms with Gasteiger partial charge in [0.15, 0.2) is 16.6 Å². The minimum atomic E-state index is -4.09. The number of fused-ring (bicyclic) bond motifs is 1. The molecule has 3 aromatic heterocycles. The molecule has 2 aromatic carbocycles. The number of pyridine rings is 2. The number of benzene rings is 2. The van der Waals surface area contributed by atoms with Gasteiger partial charge in [-0.1, -0.05) is 12.1 Å². The predicted molar refractivity (Wildman–Crippen MR) is 167 cm³/mol. The van der Waals surface area contributed by atoms with Crippen LogP contribution in [0.4, 0.5) is 10.1 Å². The molecule has 0 atom stereocenters. The van der Waals surface area contributed by atoms with Crippen molar-refractivity contribution < 1.29 is 27.4 Å². The number of rotatable bonds is 8. The lowest BCUT2D eigenvalue weighted by molar-refractivity contribution is -0.115. The Morgan fingerprint density at radius 1 is 1.07 bits per heavy atom. The van der Waals surface area contributed by atoms with Crippen LogP contribution >= 0.6 is 0 Å². The zero-order chi connectivity index (χ0) is 32.7. The highest BCUT2D eigenvalue weighted by Crippen LogP contribution is 2.35. The molecule has 45 heavy (non-hydrogen) atoms. The van der Waals surface area contributed by atoms with Gasteiger partial charge in [0.2, 0.25) is 15.7 Å². The van der Waals surface area contributed by atoms with Crippen LogP contribution in [0.5, 0.6) is 11.5 Å². The fourth-order valence-corrected chi connectivity index (χ4v) is 5.91. The lowest BCUT2D eigenvalue weighted by atomic mass is 10.1. The standard InChI is InChI=1S/C33H34FN5O5S/c1-20-14-21(16-29(40)37-22-18-36-39(19-22)32(2,3)4)15-25(34)31(20)44-27-12-13-35-26-11-10-23(17-24(26)27)45(42,43)30-9-7-8-28(38-30)33(5,6)41/h7-15,17-19,41H,16H2,1-6H3,(H,37,40). The van der Waals surface area contributed by atoms with Crippen molar-refractivity contribution in [2.24, 2.45) is 0 Å². The highest BCUT2D eigenvalue weighted by Gasteiger charge is 2.25. The maximum absolute atomic E-state index is 15.4. The van der Waals surface area contributed by atoms with Crippen LogP contribution in [0.3, 0.4) is 0 Å². The molecule has 0 aliphatic carbocycles. The third-order valence-electron chi connectivity index (χ3n) is 7.03. The van der Waals surface area contributed by atoms with E-state index in [2.05, 4.69) is 20.4 Å². The van der Waals surface area contributed by atoms with Gasteiger partial charge < -0.3 is 15.2 Å². The molecule has 10 nitrogen and oxygen atoms in total. The fourth-order valence-electron chi connectivity index (χ4n) is 4.67. The van der Waals surface area contributed by atoms with E-state index in [1.165, 1.54) is 62.5 Å². The second-order valence-electron chi connectivity index (χ2n) is 12.3. The molecule has 0 fully saturated rings. The summed E-state index contributed by atoms with van der Waals surface area (Å²) in [7, 11) is -4.09. The Hall–Kier alpha value is -4.68. The zero-order valence-corrected chi connectivity index (χ0v) is 26.6. The van der Waals surface area contributed by atoms with E-state index < -0.39 is 21.3 Å². The number of carbonyl (C=O) groups excluding carboxylic acids is 1. The van der Waals surface area contributed by atoms with Crippen LogP contribution in [0.25, 0.3) is 10.9 Å². The summed E-state index contributed by atoms with van der Waals surface area (Å²) in [6.45, 7) is 10.7. The van der Waals surface area contributed by atoms with Crippen molar-refractivity contribution in [3.63, 3.8) is 0 Å². The molecule has 0 bridgehead atoms. The molecule has 0 radical (unpaired) electrons. The second-order valence-corrected chi connectivity index (χ2v) is 14.2. The van der Waals surface area contributed by atoms with E-state index >= 15 is 4.39 Å². The van der Waals surface area contributed by atoms with Crippen LogP contribution in [0.2, 0.25) is 0 Å². The van der Waals surface area contributed by atoms with Crippen LogP contribution in [-0.4, -0.2) is 39.2 Å². The van der Waals surface area contributed by atoms with E-state index in [1.54, 1.807) is 36.1 Å². The number of ether oxygens (including phenoxy) is 1. The summed E-state index contributed by atoms with van der Waals surface area (Å²) in [4.78, 5) is 21.1. The summed E-state index contributed by atoms with van der Waals surface area (Å²) in [6, 6.07) is 13.2. The third kappa shape index (κ3) is 6.86. The molecule has 5 rings (SSSR count). The molecule has 12 heteroatoms. The van der Waals surface area contributed by atoms with Crippen LogP contribution in [-0.2, 0) is 32.2 Å². The van der Waals surface area contributed by atoms with Gasteiger partial charge in [-0.3, -0.25) is 14.5 Å². The van der Waals surface area contributed by atoms with Crippen molar-refractivity contribution in [1.29, 1.82) is 0 Å². The summed E-state index contributed by atoms with van der Waals surface area (Å²) < 4.78 is 50.2. The van der Waals surface area contributed by atoms with Crippen molar-refractivity contribution >= 4 is 32.3 Å². The minimum absolute atomic E-state index is 0.0640. The number of sulfone groups is 1. The SMILES string of the molecule is Cc1cc(CC(=O)Nc2cnn(C(C)(C)C)c2)cc(F)c1Oc1ccnc2ccc(S(=O)(=O)c3cccc(C(C)(C)O)n3)cc12.